The van der Waals surface area contributed by atoms with Crippen molar-refractivity contribution in [2.75, 3.05) is 7.11 Å². The molecule has 10 heteroatoms. The Hall–Kier alpha value is -3.37. The van der Waals surface area contributed by atoms with Crippen LogP contribution in [0.1, 0.15) is 20.8 Å². The summed E-state index contributed by atoms with van der Waals surface area (Å²) < 4.78 is 8.18. The first-order valence-electron chi connectivity index (χ1n) is 9.21. The molecular formula is C21H17N3O5S2. The lowest BCUT2D eigenvalue weighted by Crippen LogP contribution is -2.22. The molecule has 1 amide bonds. The molecule has 0 spiro atoms. The summed E-state index contributed by atoms with van der Waals surface area (Å²) in [5.41, 5.74) is 2.84. The maximum absolute atomic E-state index is 12.9. The second kappa shape index (κ2) is 8.05. The van der Waals surface area contributed by atoms with E-state index in [2.05, 4.69) is 4.99 Å². The summed E-state index contributed by atoms with van der Waals surface area (Å²) in [4.78, 5) is 40.5. The number of carbonyl (C=O) groups excluding carboxylic acids is 2. The van der Waals surface area contributed by atoms with Crippen molar-refractivity contribution in [1.29, 1.82) is 0 Å². The fourth-order valence-electron chi connectivity index (χ4n) is 3.41. The number of thiazole rings is 1. The number of aromatic nitrogens is 1. The minimum absolute atomic E-state index is 0.0347. The Labute approximate surface area is 184 Å². The van der Waals surface area contributed by atoms with E-state index in [0.717, 1.165) is 26.0 Å². The van der Waals surface area contributed by atoms with Crippen LogP contribution in [-0.2, 0) is 16.1 Å². The van der Waals surface area contributed by atoms with Gasteiger partial charge in [0.2, 0.25) is 0 Å². The molecule has 0 saturated heterocycles. The van der Waals surface area contributed by atoms with Gasteiger partial charge in [0.05, 0.1) is 27.1 Å². The highest BCUT2D eigenvalue weighted by Crippen LogP contribution is 2.29. The van der Waals surface area contributed by atoms with Crippen LogP contribution in [0.25, 0.3) is 20.3 Å². The Kier molecular flexibility index (Phi) is 5.42. The third-order valence-corrected chi connectivity index (χ3v) is 6.87. The van der Waals surface area contributed by atoms with E-state index in [4.69, 9.17) is 4.74 Å². The molecule has 0 fully saturated rings. The fourth-order valence-corrected chi connectivity index (χ4v) is 5.54. The number of fused-ring (bicyclic) bond motifs is 2. The predicted molar refractivity (Wildman–Crippen MR) is 120 cm³/mol. The lowest BCUT2D eigenvalue weighted by molar-refractivity contribution is -0.384. The smallest absolute Gasteiger partial charge is 0.325 e. The van der Waals surface area contributed by atoms with E-state index >= 15 is 0 Å². The van der Waals surface area contributed by atoms with Crippen LogP contribution in [0.4, 0.5) is 5.69 Å². The van der Waals surface area contributed by atoms with Crippen LogP contribution < -0.4 is 4.80 Å². The van der Waals surface area contributed by atoms with Gasteiger partial charge in [-0.25, -0.2) is 0 Å². The number of thiophene rings is 1. The quantitative estimate of drug-likeness (QED) is 0.258. The van der Waals surface area contributed by atoms with Crippen molar-refractivity contribution < 1.29 is 19.2 Å². The van der Waals surface area contributed by atoms with E-state index in [1.165, 1.54) is 41.9 Å². The molecule has 2 aromatic heterocycles. The summed E-state index contributed by atoms with van der Waals surface area (Å²) in [5.74, 6) is -0.911. The van der Waals surface area contributed by atoms with E-state index in [1.807, 2.05) is 26.0 Å². The zero-order valence-corrected chi connectivity index (χ0v) is 18.5. The van der Waals surface area contributed by atoms with Gasteiger partial charge >= 0.3 is 5.97 Å². The lowest BCUT2D eigenvalue weighted by atomic mass is 10.1. The zero-order chi connectivity index (χ0) is 22.3. The van der Waals surface area contributed by atoms with Gasteiger partial charge in [-0.1, -0.05) is 17.4 Å². The maximum atomic E-state index is 12.9. The summed E-state index contributed by atoms with van der Waals surface area (Å²) >= 11 is 2.54. The standard InChI is InChI=1S/C21H17N3O5S2/c1-11-6-12(2)19-16(7-11)31-21(23(19)10-18(25)29-3)22-20(26)17-9-13-8-14(24(27)28)4-5-15(13)30-17/h4-9H,10H2,1-3H3. The van der Waals surface area contributed by atoms with Crippen molar-refractivity contribution >= 4 is 60.5 Å². The van der Waals surface area contributed by atoms with Crippen LogP contribution in [0.3, 0.4) is 0 Å². The minimum Gasteiger partial charge on any atom is -0.468 e. The average Bonchev–Trinajstić information content (AvgIpc) is 3.28. The molecular weight excluding hydrogens is 438 g/mol. The first-order valence-corrected chi connectivity index (χ1v) is 10.8. The molecule has 0 aliphatic rings. The molecule has 2 aromatic carbocycles. The van der Waals surface area contributed by atoms with Crippen molar-refractivity contribution in [2.45, 2.75) is 20.4 Å². The van der Waals surface area contributed by atoms with E-state index in [-0.39, 0.29) is 12.2 Å². The van der Waals surface area contributed by atoms with Gasteiger partial charge < -0.3 is 9.30 Å². The summed E-state index contributed by atoms with van der Waals surface area (Å²) in [6, 6.07) is 10.1. The number of rotatable bonds is 4. The average molecular weight is 456 g/mol. The first-order chi connectivity index (χ1) is 14.8. The number of hydrogen-bond acceptors (Lipinski definition) is 7. The SMILES string of the molecule is COC(=O)Cn1c(=NC(=O)c2cc3cc([N+](=O)[O-])ccc3s2)sc2cc(C)cc(C)c21. The molecule has 158 valence electrons. The van der Waals surface area contributed by atoms with E-state index < -0.39 is 16.8 Å². The minimum atomic E-state index is -0.472. The van der Waals surface area contributed by atoms with Gasteiger partial charge in [0.1, 0.15) is 6.54 Å². The predicted octanol–water partition coefficient (Wildman–Crippen LogP) is 4.36. The molecule has 8 nitrogen and oxygen atoms in total. The van der Waals surface area contributed by atoms with E-state index in [9.17, 15) is 19.7 Å². The summed E-state index contributed by atoms with van der Waals surface area (Å²) in [6.45, 7) is 3.86. The number of aryl methyl sites for hydroxylation is 2. The van der Waals surface area contributed by atoms with Crippen molar-refractivity contribution in [2.24, 2.45) is 4.99 Å². The number of nitro benzene ring substituents is 1. The number of hydrogen-bond donors (Lipinski definition) is 0. The number of ether oxygens (including phenoxy) is 1. The third kappa shape index (κ3) is 3.99. The highest BCUT2D eigenvalue weighted by molar-refractivity contribution is 7.21. The summed E-state index contributed by atoms with van der Waals surface area (Å²) in [5, 5.41) is 11.6. The lowest BCUT2D eigenvalue weighted by Gasteiger charge is -2.06. The van der Waals surface area contributed by atoms with Crippen molar-refractivity contribution in [3.8, 4) is 0 Å². The highest BCUT2D eigenvalue weighted by Gasteiger charge is 2.16. The number of benzene rings is 2. The molecule has 4 aromatic rings. The molecule has 0 bridgehead atoms. The third-order valence-electron chi connectivity index (χ3n) is 4.75. The molecule has 4 rings (SSSR count). The first kappa shape index (κ1) is 20.9. The summed E-state index contributed by atoms with van der Waals surface area (Å²) in [7, 11) is 1.31. The number of esters is 1. The fraction of sp³-hybridized carbons (Fsp3) is 0.190. The second-order valence-electron chi connectivity index (χ2n) is 6.98. The molecule has 0 radical (unpaired) electrons. The number of non-ortho nitro benzene ring substituents is 1. The van der Waals surface area contributed by atoms with E-state index in [0.29, 0.717) is 15.1 Å². The number of nitrogens with zero attached hydrogens (tertiary/aromatic N) is 3. The van der Waals surface area contributed by atoms with Crippen LogP contribution in [-0.4, -0.2) is 28.5 Å². The van der Waals surface area contributed by atoms with Gasteiger partial charge in [0.25, 0.3) is 11.6 Å². The van der Waals surface area contributed by atoms with Crippen LogP contribution in [0.15, 0.2) is 41.4 Å². The van der Waals surface area contributed by atoms with Gasteiger partial charge in [-0.3, -0.25) is 19.7 Å². The van der Waals surface area contributed by atoms with E-state index in [1.54, 1.807) is 16.7 Å². The topological polar surface area (TPSA) is 104 Å². The molecule has 2 heterocycles. The molecule has 0 unspecified atom stereocenters. The molecule has 0 aliphatic carbocycles. The molecule has 0 saturated carbocycles. The van der Waals surface area contributed by atoms with Crippen LogP contribution in [0.2, 0.25) is 0 Å². The number of methoxy groups -OCH3 is 1. The highest BCUT2D eigenvalue weighted by atomic mass is 32.1. The van der Waals surface area contributed by atoms with Gasteiger partial charge in [-0.2, -0.15) is 4.99 Å². The summed E-state index contributed by atoms with van der Waals surface area (Å²) in [6.07, 6.45) is 0. The normalized spacial score (nSPS) is 11.9. The Bertz CT molecular complexity index is 1440. The number of carbonyl (C=O) groups is 2. The molecule has 0 atom stereocenters. The molecule has 0 aliphatic heterocycles. The van der Waals surface area contributed by atoms with Crippen molar-refractivity contribution in [3.05, 3.63) is 67.3 Å². The number of amides is 1. The molecule has 0 N–H and O–H groups in total. The van der Waals surface area contributed by atoms with Gasteiger partial charge in [-0.15, -0.1) is 11.3 Å². The Morgan fingerprint density at radius 3 is 2.61 bits per heavy atom. The maximum Gasteiger partial charge on any atom is 0.325 e. The van der Waals surface area contributed by atoms with Crippen LogP contribution in [0, 0.1) is 24.0 Å². The molecule has 31 heavy (non-hydrogen) atoms. The van der Waals surface area contributed by atoms with Crippen molar-refractivity contribution in [1.82, 2.24) is 4.57 Å². The monoisotopic (exact) mass is 455 g/mol. The Morgan fingerprint density at radius 2 is 1.90 bits per heavy atom. The van der Waals surface area contributed by atoms with Crippen LogP contribution in [0.5, 0.6) is 0 Å². The van der Waals surface area contributed by atoms with Gasteiger partial charge in [-0.05, 0) is 43.2 Å². The van der Waals surface area contributed by atoms with Crippen molar-refractivity contribution in [3.63, 3.8) is 0 Å². The Morgan fingerprint density at radius 1 is 1.13 bits per heavy atom. The van der Waals surface area contributed by atoms with Crippen LogP contribution >= 0.6 is 22.7 Å². The largest absolute Gasteiger partial charge is 0.468 e. The number of nitro groups is 1. The van der Waals surface area contributed by atoms with Gasteiger partial charge in [0.15, 0.2) is 4.80 Å². The zero-order valence-electron chi connectivity index (χ0n) is 16.9. The Balaban J connectivity index is 1.84. The van der Waals surface area contributed by atoms with Gasteiger partial charge in [0, 0.05) is 22.2 Å². The second-order valence-corrected chi connectivity index (χ2v) is 9.08.